The zero-order valence-corrected chi connectivity index (χ0v) is 19.9. The van der Waals surface area contributed by atoms with Crippen LogP contribution in [0.4, 0.5) is 0 Å². The van der Waals surface area contributed by atoms with Crippen LogP contribution in [0, 0.1) is 0 Å². The van der Waals surface area contributed by atoms with Gasteiger partial charge in [0.05, 0.1) is 5.92 Å². The second kappa shape index (κ2) is 12.1. The molecule has 1 aliphatic heterocycles. The lowest BCUT2D eigenvalue weighted by Crippen LogP contribution is -2.59. The Morgan fingerprint density at radius 2 is 1.73 bits per heavy atom. The Balaban J connectivity index is 0.00000385. The van der Waals surface area contributed by atoms with Gasteiger partial charge in [-0.25, -0.2) is 0 Å². The summed E-state index contributed by atoms with van der Waals surface area (Å²) in [4.78, 5) is 42.2. The minimum atomic E-state index is -1.27. The summed E-state index contributed by atoms with van der Waals surface area (Å²) in [6.07, 6.45) is 6.27. The molecule has 184 valence electrons. The van der Waals surface area contributed by atoms with E-state index in [0.717, 1.165) is 19.2 Å². The third kappa shape index (κ3) is 6.51. The van der Waals surface area contributed by atoms with E-state index in [1.54, 1.807) is 11.8 Å². The summed E-state index contributed by atoms with van der Waals surface area (Å²) < 4.78 is 0. The van der Waals surface area contributed by atoms with Crippen LogP contribution >= 0.6 is 12.4 Å². The predicted octanol–water partition coefficient (Wildman–Crippen LogP) is 1.46. The molecule has 1 aliphatic carbocycles. The van der Waals surface area contributed by atoms with E-state index in [-0.39, 0.29) is 35.9 Å². The van der Waals surface area contributed by atoms with E-state index in [2.05, 4.69) is 10.2 Å². The number of hydrogen-bond donors (Lipinski definition) is 4. The van der Waals surface area contributed by atoms with Crippen LogP contribution in [0.15, 0.2) is 18.2 Å². The van der Waals surface area contributed by atoms with Crippen molar-refractivity contribution in [2.45, 2.75) is 63.5 Å². The number of aromatic hydroxyl groups is 2. The second-order valence-electron chi connectivity index (χ2n) is 8.67. The molecule has 5 N–H and O–H groups in total. The van der Waals surface area contributed by atoms with Crippen LogP contribution < -0.4 is 11.1 Å². The van der Waals surface area contributed by atoms with Crippen LogP contribution in [0.25, 0.3) is 0 Å². The smallest absolute Gasteiger partial charge is 0.246 e. The van der Waals surface area contributed by atoms with Crippen LogP contribution in [-0.4, -0.2) is 76.0 Å². The van der Waals surface area contributed by atoms with Crippen molar-refractivity contribution in [1.29, 1.82) is 0 Å². The summed E-state index contributed by atoms with van der Waals surface area (Å²) in [7, 11) is 0. The average molecular weight is 483 g/mol. The molecule has 3 rings (SSSR count). The maximum atomic E-state index is 13.5. The zero-order chi connectivity index (χ0) is 23.3. The third-order valence-electron chi connectivity index (χ3n) is 6.61. The number of halogens is 1. The van der Waals surface area contributed by atoms with Crippen LogP contribution in [0.2, 0.25) is 0 Å². The molecular weight excluding hydrogens is 448 g/mol. The van der Waals surface area contributed by atoms with Crippen molar-refractivity contribution < 1.29 is 24.6 Å². The number of rotatable bonds is 7. The Hall–Kier alpha value is -2.52. The van der Waals surface area contributed by atoms with Gasteiger partial charge in [-0.3, -0.25) is 19.3 Å². The molecule has 1 saturated carbocycles. The molecule has 0 aromatic heterocycles. The van der Waals surface area contributed by atoms with Gasteiger partial charge in [-0.2, -0.15) is 0 Å². The lowest BCUT2D eigenvalue weighted by molar-refractivity contribution is -0.140. The van der Waals surface area contributed by atoms with Crippen LogP contribution in [-0.2, 0) is 14.4 Å². The van der Waals surface area contributed by atoms with Crippen molar-refractivity contribution >= 4 is 30.1 Å². The summed E-state index contributed by atoms with van der Waals surface area (Å²) in [5.74, 6) is -3.45. The van der Waals surface area contributed by atoms with Crippen LogP contribution in [0.1, 0.15) is 56.9 Å². The molecule has 2 atom stereocenters. The van der Waals surface area contributed by atoms with Crippen molar-refractivity contribution in [3.8, 4) is 11.5 Å². The highest BCUT2D eigenvalue weighted by Gasteiger charge is 2.40. The van der Waals surface area contributed by atoms with Gasteiger partial charge in [0.1, 0.15) is 17.5 Å². The Bertz CT molecular complexity index is 838. The van der Waals surface area contributed by atoms with Crippen molar-refractivity contribution in [2.24, 2.45) is 5.73 Å². The number of primary amides is 1. The lowest BCUT2D eigenvalue weighted by atomic mass is 9.88. The molecule has 0 spiro atoms. The summed E-state index contributed by atoms with van der Waals surface area (Å²) in [6, 6.07) is 3.05. The van der Waals surface area contributed by atoms with Gasteiger partial charge >= 0.3 is 0 Å². The summed E-state index contributed by atoms with van der Waals surface area (Å²) in [5.41, 5.74) is 5.73. The molecule has 0 bridgehead atoms. The molecule has 2 aliphatic rings. The van der Waals surface area contributed by atoms with Crippen molar-refractivity contribution in [1.82, 2.24) is 15.1 Å². The molecule has 10 heteroatoms. The Kier molecular flexibility index (Phi) is 9.79. The maximum Gasteiger partial charge on any atom is 0.246 e. The molecule has 1 aromatic rings. The predicted molar refractivity (Wildman–Crippen MR) is 126 cm³/mol. The normalized spacial score (nSPS) is 19.2. The number of benzene rings is 1. The second-order valence-corrected chi connectivity index (χ2v) is 8.67. The number of phenols is 2. The van der Waals surface area contributed by atoms with E-state index < -0.39 is 29.7 Å². The molecule has 1 unspecified atom stereocenters. The molecule has 2 fully saturated rings. The highest BCUT2D eigenvalue weighted by atomic mass is 35.5. The van der Waals surface area contributed by atoms with E-state index in [4.69, 9.17) is 5.73 Å². The maximum absolute atomic E-state index is 13.5. The van der Waals surface area contributed by atoms with Crippen molar-refractivity contribution in [2.75, 3.05) is 26.2 Å². The highest BCUT2D eigenvalue weighted by molar-refractivity contribution is 5.96. The Morgan fingerprint density at radius 3 is 2.27 bits per heavy atom. The fourth-order valence-corrected chi connectivity index (χ4v) is 4.81. The van der Waals surface area contributed by atoms with E-state index in [9.17, 15) is 24.6 Å². The monoisotopic (exact) mass is 482 g/mol. The number of piperazine rings is 1. The first-order valence-corrected chi connectivity index (χ1v) is 11.4. The number of phenolic OH excluding ortho intramolecular Hbond substituents is 2. The molecule has 1 heterocycles. The molecule has 33 heavy (non-hydrogen) atoms. The zero-order valence-electron chi connectivity index (χ0n) is 19.0. The van der Waals surface area contributed by atoms with Crippen LogP contribution in [0.3, 0.4) is 0 Å². The molecule has 9 nitrogen and oxygen atoms in total. The topological polar surface area (TPSA) is 136 Å². The van der Waals surface area contributed by atoms with Gasteiger partial charge in [0, 0.05) is 50.3 Å². The quantitative estimate of drug-likeness (QED) is 0.464. The van der Waals surface area contributed by atoms with Crippen molar-refractivity contribution in [3.05, 3.63) is 23.8 Å². The number of amides is 3. The number of carbonyl (C=O) groups is 3. The van der Waals surface area contributed by atoms with Crippen LogP contribution in [0.5, 0.6) is 11.5 Å². The summed E-state index contributed by atoms with van der Waals surface area (Å²) in [6.45, 7) is 4.14. The Labute approximate surface area is 200 Å². The number of nitrogens with one attached hydrogen (secondary N) is 1. The summed E-state index contributed by atoms with van der Waals surface area (Å²) in [5, 5.41) is 22.6. The van der Waals surface area contributed by atoms with Gasteiger partial charge in [-0.15, -0.1) is 12.4 Å². The fourth-order valence-electron chi connectivity index (χ4n) is 4.81. The molecule has 3 amide bonds. The third-order valence-corrected chi connectivity index (χ3v) is 6.61. The fraction of sp³-hybridized carbons (Fsp3) is 0.609. The van der Waals surface area contributed by atoms with E-state index in [0.29, 0.717) is 19.1 Å². The average Bonchev–Trinajstić information content (AvgIpc) is 2.79. The van der Waals surface area contributed by atoms with Gasteiger partial charge in [-0.05, 0) is 18.9 Å². The first-order chi connectivity index (χ1) is 15.3. The summed E-state index contributed by atoms with van der Waals surface area (Å²) >= 11 is 0. The van der Waals surface area contributed by atoms with Gasteiger partial charge in [0.25, 0.3) is 0 Å². The molecule has 1 aromatic carbocycles. The molecular formula is C23H35ClN4O5. The van der Waals surface area contributed by atoms with Crippen molar-refractivity contribution in [3.63, 3.8) is 0 Å². The van der Waals surface area contributed by atoms with Gasteiger partial charge in [0.2, 0.25) is 17.7 Å². The Morgan fingerprint density at radius 1 is 1.09 bits per heavy atom. The standard InChI is InChI=1S/C23H34N4O5.ClH/c1-2-19(30)25-21(20(22(24)31)17-9-8-16(28)14-18(17)29)23(32)27-12-10-26(11-13-27)15-6-4-3-5-7-15;/h8-9,14-15,20-21,28-29H,2-7,10-13H2,1H3,(H2,24,31)(H,25,30);1H/t20?,21-;/m0./s1. The number of carbonyl (C=O) groups excluding carboxylic acids is 3. The van der Waals surface area contributed by atoms with Gasteiger partial charge < -0.3 is 26.2 Å². The highest BCUT2D eigenvalue weighted by Crippen LogP contribution is 2.32. The molecule has 0 radical (unpaired) electrons. The number of hydrogen-bond acceptors (Lipinski definition) is 6. The lowest BCUT2D eigenvalue weighted by Gasteiger charge is -2.42. The first-order valence-electron chi connectivity index (χ1n) is 11.4. The van der Waals surface area contributed by atoms with Gasteiger partial charge in [-0.1, -0.05) is 32.3 Å². The molecule has 1 saturated heterocycles. The largest absolute Gasteiger partial charge is 0.508 e. The minimum absolute atomic E-state index is 0. The number of nitrogens with two attached hydrogens (primary N) is 1. The number of nitrogens with zero attached hydrogens (tertiary/aromatic N) is 2. The van der Waals surface area contributed by atoms with Gasteiger partial charge in [0.15, 0.2) is 0 Å². The van der Waals surface area contributed by atoms with E-state index >= 15 is 0 Å². The van der Waals surface area contributed by atoms with E-state index in [1.165, 1.54) is 44.2 Å². The SMILES string of the molecule is CCC(=O)N[C@H](C(=O)N1CCN(C2CCCCC2)CC1)C(C(N)=O)c1ccc(O)cc1O.Cl. The van der Waals surface area contributed by atoms with E-state index in [1.807, 2.05) is 0 Å². The first kappa shape index (κ1) is 26.7. The minimum Gasteiger partial charge on any atom is -0.508 e.